The molecule has 0 radical (unpaired) electrons. The molecule has 0 saturated heterocycles. The molecule has 0 bridgehead atoms. The molecule has 0 fully saturated rings. The van der Waals surface area contributed by atoms with Gasteiger partial charge in [0.15, 0.2) is 0 Å². The average Bonchev–Trinajstić information content (AvgIpc) is 2.45. The van der Waals surface area contributed by atoms with Gasteiger partial charge in [0.05, 0.1) is 17.6 Å². The third-order valence-corrected chi connectivity index (χ3v) is 2.47. The molecule has 0 unspecified atom stereocenters. The van der Waals surface area contributed by atoms with Crippen LogP contribution >= 0.6 is 0 Å². The number of ether oxygens (including phenoxy) is 1. The fourth-order valence-electron chi connectivity index (χ4n) is 1.45. The minimum Gasteiger partial charge on any atom is -0.459 e. The highest BCUT2D eigenvalue weighted by Gasteiger charge is 1.98. The molecular formula is C15H13FN2O2. The molecule has 0 aliphatic carbocycles. The quantitative estimate of drug-likeness (QED) is 0.635. The lowest BCUT2D eigenvalue weighted by Crippen LogP contribution is -2.00. The Kier molecular flexibility index (Phi) is 4.55. The van der Waals surface area contributed by atoms with E-state index in [9.17, 15) is 9.18 Å². The van der Waals surface area contributed by atoms with Gasteiger partial charge in [0.2, 0.25) is 0 Å². The van der Waals surface area contributed by atoms with E-state index in [0.717, 1.165) is 5.56 Å². The first-order valence-corrected chi connectivity index (χ1v) is 6.01. The Hall–Kier alpha value is -2.56. The van der Waals surface area contributed by atoms with Crippen molar-refractivity contribution in [1.82, 2.24) is 4.98 Å². The fourth-order valence-corrected chi connectivity index (χ4v) is 1.45. The molecular weight excluding hydrogens is 259 g/mol. The van der Waals surface area contributed by atoms with E-state index < -0.39 is 0 Å². The first-order chi connectivity index (χ1) is 9.63. The Morgan fingerprint density at radius 2 is 2.05 bits per heavy atom. The molecule has 102 valence electrons. The Balaban J connectivity index is 1.99. The second-order valence-corrected chi connectivity index (χ2v) is 4.10. The number of benzene rings is 1. The summed E-state index contributed by atoms with van der Waals surface area (Å²) in [7, 11) is 0. The molecule has 0 saturated carbocycles. The van der Waals surface area contributed by atoms with E-state index >= 15 is 0 Å². The highest BCUT2D eigenvalue weighted by molar-refractivity contribution is 5.81. The Morgan fingerprint density at radius 1 is 1.30 bits per heavy atom. The van der Waals surface area contributed by atoms with Gasteiger partial charge >= 0.3 is 5.97 Å². The number of aliphatic imine (C=N–C) groups is 1. The molecule has 2 rings (SSSR count). The lowest BCUT2D eigenvalue weighted by molar-refractivity contribution is -0.142. The first kappa shape index (κ1) is 13.9. The largest absolute Gasteiger partial charge is 0.459 e. The van der Waals surface area contributed by atoms with Gasteiger partial charge in [0.25, 0.3) is 0 Å². The van der Waals surface area contributed by atoms with Gasteiger partial charge in [-0.25, -0.2) is 4.39 Å². The van der Waals surface area contributed by atoms with Crippen molar-refractivity contribution in [3.63, 3.8) is 0 Å². The number of aromatic nitrogens is 1. The third kappa shape index (κ3) is 4.28. The molecule has 20 heavy (non-hydrogen) atoms. The van der Waals surface area contributed by atoms with Gasteiger partial charge in [0.1, 0.15) is 12.4 Å². The van der Waals surface area contributed by atoms with E-state index in [4.69, 9.17) is 4.74 Å². The normalized spacial score (nSPS) is 10.7. The predicted molar refractivity (Wildman–Crippen MR) is 73.4 cm³/mol. The van der Waals surface area contributed by atoms with Gasteiger partial charge in [-0.05, 0) is 29.8 Å². The average molecular weight is 272 g/mol. The molecule has 0 spiro atoms. The minimum atomic E-state index is -0.342. The molecule has 1 aromatic carbocycles. The second kappa shape index (κ2) is 6.56. The number of carbonyl (C=O) groups is 1. The highest BCUT2D eigenvalue weighted by Crippen LogP contribution is 2.11. The fraction of sp³-hybridized carbons (Fsp3) is 0.133. The van der Waals surface area contributed by atoms with Gasteiger partial charge in [-0.1, -0.05) is 12.1 Å². The molecule has 1 aromatic heterocycles. The number of rotatable bonds is 4. The van der Waals surface area contributed by atoms with Crippen molar-refractivity contribution in [2.24, 2.45) is 4.99 Å². The summed E-state index contributed by atoms with van der Waals surface area (Å²) in [5.74, 6) is -0.621. The van der Waals surface area contributed by atoms with Gasteiger partial charge in [-0.3, -0.25) is 14.8 Å². The Labute approximate surface area is 116 Å². The molecule has 2 aromatic rings. The van der Waals surface area contributed by atoms with Crippen LogP contribution in [0.3, 0.4) is 0 Å². The van der Waals surface area contributed by atoms with E-state index in [1.165, 1.54) is 19.1 Å². The van der Waals surface area contributed by atoms with Crippen molar-refractivity contribution in [1.29, 1.82) is 0 Å². The number of esters is 1. The Morgan fingerprint density at radius 3 is 2.65 bits per heavy atom. The van der Waals surface area contributed by atoms with Gasteiger partial charge < -0.3 is 4.74 Å². The summed E-state index contributed by atoms with van der Waals surface area (Å²) >= 11 is 0. The van der Waals surface area contributed by atoms with Crippen LogP contribution in [0.1, 0.15) is 18.2 Å². The van der Waals surface area contributed by atoms with E-state index in [1.807, 2.05) is 0 Å². The topological polar surface area (TPSA) is 51.5 Å². The van der Waals surface area contributed by atoms with Crippen LogP contribution in [0.25, 0.3) is 0 Å². The maximum Gasteiger partial charge on any atom is 0.303 e. The molecule has 4 nitrogen and oxygen atoms in total. The summed E-state index contributed by atoms with van der Waals surface area (Å²) in [6, 6.07) is 9.54. The van der Waals surface area contributed by atoms with Crippen LogP contribution in [0.2, 0.25) is 0 Å². The number of carbonyl (C=O) groups excluding carboxylic acids is 1. The zero-order valence-electron chi connectivity index (χ0n) is 10.9. The SMILES string of the molecule is CC(=O)OCc1ccc(N=Cc2ccc(F)cc2)cn1. The van der Waals surface area contributed by atoms with Crippen LogP contribution in [-0.4, -0.2) is 17.2 Å². The number of pyridine rings is 1. The smallest absolute Gasteiger partial charge is 0.303 e. The predicted octanol–water partition coefficient (Wildman–Crippen LogP) is 3.03. The molecule has 0 N–H and O–H groups in total. The minimum absolute atomic E-state index is 0.150. The van der Waals surface area contributed by atoms with E-state index in [0.29, 0.717) is 11.4 Å². The van der Waals surface area contributed by atoms with E-state index in [2.05, 4.69) is 9.98 Å². The summed E-state index contributed by atoms with van der Waals surface area (Å²) < 4.78 is 17.6. The zero-order chi connectivity index (χ0) is 14.4. The zero-order valence-corrected chi connectivity index (χ0v) is 10.9. The van der Waals surface area contributed by atoms with Crippen LogP contribution in [-0.2, 0) is 16.1 Å². The first-order valence-electron chi connectivity index (χ1n) is 6.01. The number of nitrogens with zero attached hydrogens (tertiary/aromatic N) is 2. The van der Waals surface area contributed by atoms with Crippen molar-refractivity contribution in [2.75, 3.05) is 0 Å². The molecule has 0 aliphatic heterocycles. The summed E-state index contributed by atoms with van der Waals surface area (Å²) in [5, 5.41) is 0. The second-order valence-electron chi connectivity index (χ2n) is 4.10. The van der Waals surface area contributed by atoms with E-state index in [1.54, 1.807) is 36.7 Å². The van der Waals surface area contributed by atoms with Gasteiger partial charge in [0, 0.05) is 13.1 Å². The summed E-state index contributed by atoms with van der Waals surface area (Å²) in [6.07, 6.45) is 3.21. The summed E-state index contributed by atoms with van der Waals surface area (Å²) in [6.45, 7) is 1.50. The third-order valence-electron chi connectivity index (χ3n) is 2.47. The van der Waals surface area contributed by atoms with Crippen molar-refractivity contribution in [2.45, 2.75) is 13.5 Å². The number of hydrogen-bond acceptors (Lipinski definition) is 4. The molecule has 0 amide bonds. The van der Waals surface area contributed by atoms with Crippen molar-refractivity contribution >= 4 is 17.9 Å². The van der Waals surface area contributed by atoms with Crippen molar-refractivity contribution in [3.8, 4) is 0 Å². The maximum atomic E-state index is 12.7. The molecule has 0 aliphatic rings. The lowest BCUT2D eigenvalue weighted by atomic mass is 10.2. The van der Waals surface area contributed by atoms with E-state index in [-0.39, 0.29) is 18.4 Å². The molecule has 5 heteroatoms. The van der Waals surface area contributed by atoms with Gasteiger partial charge in [-0.15, -0.1) is 0 Å². The van der Waals surface area contributed by atoms with Crippen LogP contribution in [0.15, 0.2) is 47.6 Å². The van der Waals surface area contributed by atoms with Gasteiger partial charge in [-0.2, -0.15) is 0 Å². The lowest BCUT2D eigenvalue weighted by Gasteiger charge is -2.01. The van der Waals surface area contributed by atoms with Crippen molar-refractivity contribution in [3.05, 3.63) is 59.7 Å². The Bertz CT molecular complexity index is 607. The molecule has 0 atom stereocenters. The van der Waals surface area contributed by atoms with Crippen molar-refractivity contribution < 1.29 is 13.9 Å². The number of hydrogen-bond donors (Lipinski definition) is 0. The van der Waals surface area contributed by atoms with Crippen LogP contribution in [0.5, 0.6) is 0 Å². The number of halogens is 1. The van der Waals surface area contributed by atoms with Crippen LogP contribution in [0, 0.1) is 5.82 Å². The molecule has 1 heterocycles. The summed E-state index contributed by atoms with van der Waals surface area (Å²) in [4.78, 5) is 19.0. The maximum absolute atomic E-state index is 12.7. The van der Waals surface area contributed by atoms with Crippen LogP contribution < -0.4 is 0 Å². The highest BCUT2D eigenvalue weighted by atomic mass is 19.1. The summed E-state index contributed by atoms with van der Waals surface area (Å²) in [5.41, 5.74) is 2.12. The van der Waals surface area contributed by atoms with Crippen LogP contribution in [0.4, 0.5) is 10.1 Å². The standard InChI is InChI=1S/C15H13FN2O2/c1-11(19)20-10-15-7-6-14(9-18-15)17-8-12-2-4-13(16)5-3-12/h2-9H,10H2,1H3. The monoisotopic (exact) mass is 272 g/mol.